The van der Waals surface area contributed by atoms with Crippen molar-refractivity contribution in [2.45, 2.75) is 25.4 Å². The second kappa shape index (κ2) is 8.52. The zero-order chi connectivity index (χ0) is 22.9. The van der Waals surface area contributed by atoms with E-state index >= 15 is 0 Å². The smallest absolute Gasteiger partial charge is 0.325 e. The molecule has 1 aliphatic rings. The van der Waals surface area contributed by atoms with E-state index in [2.05, 4.69) is 10.6 Å². The molecule has 1 aliphatic heterocycles. The summed E-state index contributed by atoms with van der Waals surface area (Å²) in [6.45, 7) is 2.69. The van der Waals surface area contributed by atoms with Crippen LogP contribution in [0.15, 0.2) is 42.5 Å². The van der Waals surface area contributed by atoms with Gasteiger partial charge < -0.3 is 10.6 Å². The zero-order valence-corrected chi connectivity index (χ0v) is 18.0. The Morgan fingerprint density at radius 2 is 1.87 bits per heavy atom. The van der Waals surface area contributed by atoms with Gasteiger partial charge in [-0.05, 0) is 49.2 Å². The van der Waals surface area contributed by atoms with Crippen molar-refractivity contribution in [3.63, 3.8) is 0 Å². The summed E-state index contributed by atoms with van der Waals surface area (Å²) in [5.41, 5.74) is -0.597. The third kappa shape index (κ3) is 4.47. The Balaban J connectivity index is 1.71. The van der Waals surface area contributed by atoms with Crippen LogP contribution >= 0.6 is 23.2 Å². The molecule has 0 saturated carbocycles. The second-order valence-corrected chi connectivity index (χ2v) is 8.05. The van der Waals surface area contributed by atoms with Gasteiger partial charge in [-0.2, -0.15) is 0 Å². The van der Waals surface area contributed by atoms with E-state index in [4.69, 9.17) is 23.2 Å². The summed E-state index contributed by atoms with van der Waals surface area (Å²) < 4.78 is 0. The van der Waals surface area contributed by atoms with Gasteiger partial charge in [0.05, 0.1) is 11.0 Å². The molecule has 1 saturated heterocycles. The number of benzene rings is 2. The minimum Gasteiger partial charge on any atom is -0.348 e. The van der Waals surface area contributed by atoms with E-state index in [1.54, 1.807) is 25.1 Å². The lowest BCUT2D eigenvalue weighted by Crippen LogP contribution is -2.43. The third-order valence-corrected chi connectivity index (χ3v) is 5.60. The molecule has 0 aromatic heterocycles. The lowest BCUT2D eigenvalue weighted by atomic mass is 9.92. The Morgan fingerprint density at radius 1 is 1.23 bits per heavy atom. The van der Waals surface area contributed by atoms with E-state index in [9.17, 15) is 24.5 Å². The highest BCUT2D eigenvalue weighted by Gasteiger charge is 2.49. The highest BCUT2D eigenvalue weighted by atomic mass is 35.5. The molecule has 3 rings (SSSR count). The van der Waals surface area contributed by atoms with Crippen molar-refractivity contribution in [3.8, 4) is 0 Å². The molecule has 1 fully saturated rings. The lowest BCUT2D eigenvalue weighted by molar-refractivity contribution is -0.384. The van der Waals surface area contributed by atoms with Crippen molar-refractivity contribution in [1.29, 1.82) is 0 Å². The van der Waals surface area contributed by atoms with Gasteiger partial charge in [-0.1, -0.05) is 29.3 Å². The number of hydrogen-bond donors (Lipinski definition) is 2. The number of nitrogens with zero attached hydrogens (tertiary/aromatic N) is 2. The lowest BCUT2D eigenvalue weighted by Gasteiger charge is -2.22. The quantitative estimate of drug-likeness (QED) is 0.384. The summed E-state index contributed by atoms with van der Waals surface area (Å²) in [5, 5.41) is 16.9. The molecule has 2 atom stereocenters. The van der Waals surface area contributed by atoms with Crippen LogP contribution in [0, 0.1) is 10.1 Å². The standard InChI is InChI=1S/C20H18Cl2N4O5/c1-11(15-8-5-13(21)9-16(15)22)23-17(27)10-25-18(28)20(2,24-19(25)29)12-3-6-14(7-4-12)26(30)31/h3-9,11H,10H2,1-2H3,(H,23,27)(H,24,29). The van der Waals surface area contributed by atoms with Crippen molar-refractivity contribution in [1.82, 2.24) is 15.5 Å². The van der Waals surface area contributed by atoms with Crippen molar-refractivity contribution in [2.24, 2.45) is 0 Å². The van der Waals surface area contributed by atoms with E-state index in [1.807, 2.05) is 0 Å². The van der Waals surface area contributed by atoms with Gasteiger partial charge in [-0.3, -0.25) is 24.6 Å². The highest BCUT2D eigenvalue weighted by Crippen LogP contribution is 2.30. The van der Waals surface area contributed by atoms with Crippen LogP contribution in [0.25, 0.3) is 0 Å². The first kappa shape index (κ1) is 22.5. The van der Waals surface area contributed by atoms with Crippen LogP contribution in [0.3, 0.4) is 0 Å². The summed E-state index contributed by atoms with van der Waals surface area (Å²) >= 11 is 12.0. The molecule has 2 aromatic carbocycles. The van der Waals surface area contributed by atoms with Crippen molar-refractivity contribution in [2.75, 3.05) is 6.54 Å². The molecule has 2 unspecified atom stereocenters. The fourth-order valence-electron chi connectivity index (χ4n) is 3.31. The van der Waals surface area contributed by atoms with Crippen LogP contribution in [-0.4, -0.2) is 34.2 Å². The van der Waals surface area contributed by atoms with Crippen molar-refractivity contribution >= 4 is 46.7 Å². The summed E-state index contributed by atoms with van der Waals surface area (Å²) in [5.74, 6) is -1.20. The summed E-state index contributed by atoms with van der Waals surface area (Å²) in [4.78, 5) is 48.9. The highest BCUT2D eigenvalue weighted by molar-refractivity contribution is 6.35. The van der Waals surface area contributed by atoms with Gasteiger partial charge in [0.2, 0.25) is 5.91 Å². The van der Waals surface area contributed by atoms with E-state index in [-0.39, 0.29) is 5.69 Å². The predicted molar refractivity (Wildman–Crippen MR) is 114 cm³/mol. The maximum atomic E-state index is 12.9. The molecule has 1 heterocycles. The molecule has 2 aromatic rings. The van der Waals surface area contributed by atoms with Crippen LogP contribution in [0.4, 0.5) is 10.5 Å². The third-order valence-electron chi connectivity index (χ3n) is 5.04. The van der Waals surface area contributed by atoms with Crippen LogP contribution < -0.4 is 10.6 Å². The minimum atomic E-state index is -1.45. The largest absolute Gasteiger partial charge is 0.348 e. The molecular formula is C20H18Cl2N4O5. The number of nitrogens with one attached hydrogen (secondary N) is 2. The fraction of sp³-hybridized carbons (Fsp3) is 0.250. The first-order chi connectivity index (χ1) is 14.5. The maximum Gasteiger partial charge on any atom is 0.325 e. The average Bonchev–Trinajstić information content (AvgIpc) is 2.91. The van der Waals surface area contributed by atoms with Crippen LogP contribution in [0.1, 0.15) is 31.0 Å². The number of rotatable bonds is 6. The Kier molecular flexibility index (Phi) is 6.19. The molecule has 0 aliphatic carbocycles. The molecule has 2 N–H and O–H groups in total. The number of halogens is 2. The summed E-state index contributed by atoms with van der Waals surface area (Å²) in [7, 11) is 0. The van der Waals surface area contributed by atoms with Crippen molar-refractivity contribution in [3.05, 3.63) is 73.8 Å². The monoisotopic (exact) mass is 464 g/mol. The van der Waals surface area contributed by atoms with Gasteiger partial charge in [0.15, 0.2) is 0 Å². The molecule has 31 heavy (non-hydrogen) atoms. The predicted octanol–water partition coefficient (Wildman–Crippen LogP) is 3.55. The van der Waals surface area contributed by atoms with Gasteiger partial charge in [-0.15, -0.1) is 0 Å². The number of non-ortho nitro benzene ring substituents is 1. The molecule has 0 spiro atoms. The topological polar surface area (TPSA) is 122 Å². The number of carbonyl (C=O) groups is 3. The number of imide groups is 1. The average molecular weight is 465 g/mol. The minimum absolute atomic E-state index is 0.143. The van der Waals surface area contributed by atoms with E-state index in [1.165, 1.54) is 31.2 Å². The molecule has 9 nitrogen and oxygen atoms in total. The number of nitro benzene ring substituents is 1. The molecule has 11 heteroatoms. The first-order valence-electron chi connectivity index (χ1n) is 9.16. The SMILES string of the molecule is CC(NC(=O)CN1C(=O)NC(C)(c2ccc([N+](=O)[O-])cc2)C1=O)c1ccc(Cl)cc1Cl. The summed E-state index contributed by atoms with van der Waals surface area (Å²) in [6, 6.07) is 8.91. The Labute approximate surface area is 187 Å². The van der Waals surface area contributed by atoms with Gasteiger partial charge in [0.25, 0.3) is 11.6 Å². The van der Waals surface area contributed by atoms with Crippen LogP contribution in [-0.2, 0) is 15.1 Å². The van der Waals surface area contributed by atoms with Gasteiger partial charge in [-0.25, -0.2) is 4.79 Å². The van der Waals surface area contributed by atoms with E-state index in [0.717, 1.165) is 4.90 Å². The Hall–Kier alpha value is -3.17. The number of hydrogen-bond acceptors (Lipinski definition) is 5. The summed E-state index contributed by atoms with van der Waals surface area (Å²) in [6.07, 6.45) is 0. The molecule has 0 radical (unpaired) electrons. The van der Waals surface area contributed by atoms with Gasteiger partial charge in [0, 0.05) is 22.2 Å². The number of urea groups is 1. The van der Waals surface area contributed by atoms with Crippen LogP contribution in [0.5, 0.6) is 0 Å². The fourth-order valence-corrected chi connectivity index (χ4v) is 3.89. The normalized spacial score (nSPS) is 19.2. The van der Waals surface area contributed by atoms with Gasteiger partial charge >= 0.3 is 6.03 Å². The van der Waals surface area contributed by atoms with Crippen molar-refractivity contribution < 1.29 is 19.3 Å². The Morgan fingerprint density at radius 3 is 2.45 bits per heavy atom. The second-order valence-electron chi connectivity index (χ2n) is 7.21. The maximum absolute atomic E-state index is 12.9. The Bertz CT molecular complexity index is 1080. The van der Waals surface area contributed by atoms with Gasteiger partial charge in [0.1, 0.15) is 12.1 Å². The zero-order valence-electron chi connectivity index (χ0n) is 16.5. The molecule has 4 amide bonds. The number of carbonyl (C=O) groups excluding carboxylic acids is 3. The molecule has 0 bridgehead atoms. The number of amides is 4. The van der Waals surface area contributed by atoms with E-state index in [0.29, 0.717) is 21.2 Å². The van der Waals surface area contributed by atoms with E-state index < -0.39 is 40.9 Å². The molecule has 162 valence electrons. The number of nitro groups is 1. The molecular weight excluding hydrogens is 447 g/mol. The van der Waals surface area contributed by atoms with Crippen LogP contribution in [0.2, 0.25) is 10.0 Å². The first-order valence-corrected chi connectivity index (χ1v) is 9.92.